The summed E-state index contributed by atoms with van der Waals surface area (Å²) >= 11 is 0. The highest BCUT2D eigenvalue weighted by molar-refractivity contribution is 5.92. The summed E-state index contributed by atoms with van der Waals surface area (Å²) in [5.74, 6) is -0.766. The van der Waals surface area contributed by atoms with Crippen molar-refractivity contribution in [3.8, 4) is 11.5 Å². The Morgan fingerprint density at radius 3 is 2.61 bits per heavy atom. The number of hydrogen-bond donors (Lipinski definition) is 2. The summed E-state index contributed by atoms with van der Waals surface area (Å²) in [5, 5.41) is 18.7. The molecule has 12 heteroatoms. The number of carbonyl (C=O) groups is 1. The van der Waals surface area contributed by atoms with E-state index in [0.717, 1.165) is 17.8 Å². The van der Waals surface area contributed by atoms with Crippen molar-refractivity contribution in [3.63, 3.8) is 0 Å². The standard InChI is InChI=1S/C26H23N5O7/c1-3-37-22-13-17(14-27-30-25(33)18-9-5-7-11-20(18)29-26(30)34)12-21(31(35)36)24(22)38-15-23(32)28-19-10-6-4-8-16(19)2/h4-14H,3,15H2,1-2H3,(H,28,32)(H,29,34). The molecule has 0 saturated carbocycles. The molecule has 4 aromatic rings. The van der Waals surface area contributed by atoms with Gasteiger partial charge >= 0.3 is 11.4 Å². The molecule has 194 valence electrons. The van der Waals surface area contributed by atoms with Gasteiger partial charge in [-0.05, 0) is 43.7 Å². The van der Waals surface area contributed by atoms with E-state index >= 15 is 0 Å². The number of aryl methyl sites for hydroxylation is 1. The van der Waals surface area contributed by atoms with Crippen molar-refractivity contribution in [1.29, 1.82) is 0 Å². The molecule has 0 unspecified atom stereocenters. The van der Waals surface area contributed by atoms with E-state index in [4.69, 9.17) is 9.47 Å². The zero-order valence-electron chi connectivity index (χ0n) is 20.5. The molecule has 12 nitrogen and oxygen atoms in total. The van der Waals surface area contributed by atoms with Gasteiger partial charge in [-0.15, -0.1) is 4.68 Å². The monoisotopic (exact) mass is 517 g/mol. The first-order valence-electron chi connectivity index (χ1n) is 11.5. The van der Waals surface area contributed by atoms with Crippen molar-refractivity contribution in [1.82, 2.24) is 9.66 Å². The van der Waals surface area contributed by atoms with Crippen LogP contribution in [0.2, 0.25) is 0 Å². The number of nitro groups is 1. The minimum Gasteiger partial charge on any atom is -0.490 e. The van der Waals surface area contributed by atoms with Crippen LogP contribution in [0.1, 0.15) is 18.1 Å². The lowest BCUT2D eigenvalue weighted by atomic mass is 10.2. The molecule has 0 atom stereocenters. The van der Waals surface area contributed by atoms with Crippen LogP contribution in [0.4, 0.5) is 11.4 Å². The molecule has 1 aromatic heterocycles. The van der Waals surface area contributed by atoms with Gasteiger partial charge in [-0.1, -0.05) is 30.3 Å². The number of ether oxygens (including phenoxy) is 2. The lowest BCUT2D eigenvalue weighted by molar-refractivity contribution is -0.385. The number of aromatic nitrogens is 2. The molecule has 1 amide bonds. The molecule has 0 aliphatic rings. The predicted molar refractivity (Wildman–Crippen MR) is 141 cm³/mol. The largest absolute Gasteiger partial charge is 0.490 e. The third-order valence-corrected chi connectivity index (χ3v) is 5.43. The summed E-state index contributed by atoms with van der Waals surface area (Å²) in [6.45, 7) is 3.14. The summed E-state index contributed by atoms with van der Waals surface area (Å²) < 4.78 is 11.7. The lowest BCUT2D eigenvalue weighted by Gasteiger charge is -2.13. The quantitative estimate of drug-likeness (QED) is 0.196. The van der Waals surface area contributed by atoms with E-state index in [2.05, 4.69) is 15.4 Å². The van der Waals surface area contributed by atoms with Gasteiger partial charge < -0.3 is 19.8 Å². The van der Waals surface area contributed by atoms with Gasteiger partial charge in [0.05, 0.1) is 28.6 Å². The number of rotatable bonds is 9. The maximum Gasteiger partial charge on any atom is 0.349 e. The molecule has 1 heterocycles. The van der Waals surface area contributed by atoms with Crippen LogP contribution < -0.4 is 26.0 Å². The highest BCUT2D eigenvalue weighted by Crippen LogP contribution is 2.38. The third-order valence-electron chi connectivity index (χ3n) is 5.43. The number of anilines is 1. The molecule has 3 aromatic carbocycles. The average molecular weight is 517 g/mol. The number of H-pyrrole nitrogens is 1. The minimum atomic E-state index is -0.774. The van der Waals surface area contributed by atoms with Crippen LogP contribution in [0, 0.1) is 17.0 Å². The Hall–Kier alpha value is -5.26. The fraction of sp³-hybridized carbons (Fsp3) is 0.154. The van der Waals surface area contributed by atoms with Crippen molar-refractivity contribution in [2.45, 2.75) is 13.8 Å². The first kappa shape index (κ1) is 25.8. The first-order chi connectivity index (χ1) is 18.3. The molecule has 0 bridgehead atoms. The van der Waals surface area contributed by atoms with Gasteiger partial charge in [0.2, 0.25) is 5.75 Å². The van der Waals surface area contributed by atoms with Crippen LogP contribution >= 0.6 is 0 Å². The van der Waals surface area contributed by atoms with Crippen LogP contribution in [0.15, 0.2) is 75.4 Å². The zero-order chi connectivity index (χ0) is 27.2. The molecule has 4 rings (SSSR count). The zero-order valence-corrected chi connectivity index (χ0v) is 20.5. The number of aromatic amines is 1. The Balaban J connectivity index is 1.64. The van der Waals surface area contributed by atoms with Crippen LogP contribution in [-0.2, 0) is 4.79 Å². The Kier molecular flexibility index (Phi) is 7.61. The third kappa shape index (κ3) is 5.59. The van der Waals surface area contributed by atoms with Crippen molar-refractivity contribution in [2.24, 2.45) is 5.10 Å². The second-order valence-electron chi connectivity index (χ2n) is 8.05. The molecular formula is C26H23N5O7. The number of hydrogen-bond acceptors (Lipinski definition) is 8. The highest BCUT2D eigenvalue weighted by Gasteiger charge is 2.23. The van der Waals surface area contributed by atoms with E-state index in [0.29, 0.717) is 15.9 Å². The maximum absolute atomic E-state index is 12.7. The Labute approximate surface area is 215 Å². The molecule has 0 aliphatic heterocycles. The molecular weight excluding hydrogens is 494 g/mol. The summed E-state index contributed by atoms with van der Waals surface area (Å²) in [6, 6.07) is 16.1. The lowest BCUT2D eigenvalue weighted by Crippen LogP contribution is -2.32. The van der Waals surface area contributed by atoms with Gasteiger partial charge in [0.25, 0.3) is 11.5 Å². The molecule has 0 fully saturated rings. The Morgan fingerprint density at radius 1 is 1.13 bits per heavy atom. The number of nitrogens with zero attached hydrogens (tertiary/aromatic N) is 3. The van der Waals surface area contributed by atoms with E-state index in [1.165, 1.54) is 6.07 Å². The number of nitrogens with one attached hydrogen (secondary N) is 2. The van der Waals surface area contributed by atoms with Gasteiger partial charge in [-0.2, -0.15) is 5.10 Å². The van der Waals surface area contributed by atoms with E-state index < -0.39 is 34.4 Å². The number of nitro benzene ring substituents is 1. The fourth-order valence-electron chi connectivity index (χ4n) is 3.65. The van der Waals surface area contributed by atoms with Crippen LogP contribution in [0.5, 0.6) is 11.5 Å². The summed E-state index contributed by atoms with van der Waals surface area (Å²) in [7, 11) is 0. The van der Waals surface area contributed by atoms with E-state index in [1.54, 1.807) is 43.3 Å². The van der Waals surface area contributed by atoms with Crippen molar-refractivity contribution in [3.05, 3.63) is 103 Å². The van der Waals surface area contributed by atoms with Gasteiger partial charge in [-0.3, -0.25) is 19.7 Å². The minimum absolute atomic E-state index is 0.00777. The van der Waals surface area contributed by atoms with E-state index in [-0.39, 0.29) is 29.1 Å². The summed E-state index contributed by atoms with van der Waals surface area (Å²) in [4.78, 5) is 51.2. The predicted octanol–water partition coefficient (Wildman–Crippen LogP) is 3.20. The van der Waals surface area contributed by atoms with Crippen molar-refractivity contribution >= 4 is 34.4 Å². The van der Waals surface area contributed by atoms with Gasteiger partial charge in [0.15, 0.2) is 12.4 Å². The van der Waals surface area contributed by atoms with Gasteiger partial charge in [-0.25, -0.2) is 4.79 Å². The van der Waals surface area contributed by atoms with Gasteiger partial charge in [0.1, 0.15) is 0 Å². The molecule has 0 radical (unpaired) electrons. The number of amides is 1. The second kappa shape index (κ2) is 11.2. The van der Waals surface area contributed by atoms with E-state index in [1.807, 2.05) is 19.1 Å². The molecule has 38 heavy (non-hydrogen) atoms. The number of carbonyl (C=O) groups excluding carboxylic acids is 1. The Bertz CT molecular complexity index is 1670. The maximum atomic E-state index is 12.7. The van der Waals surface area contributed by atoms with Crippen molar-refractivity contribution < 1.29 is 19.2 Å². The smallest absolute Gasteiger partial charge is 0.349 e. The second-order valence-corrected chi connectivity index (χ2v) is 8.05. The first-order valence-corrected chi connectivity index (χ1v) is 11.5. The van der Waals surface area contributed by atoms with E-state index in [9.17, 15) is 24.5 Å². The van der Waals surface area contributed by atoms with Gasteiger partial charge in [0, 0.05) is 17.3 Å². The molecule has 0 saturated heterocycles. The van der Waals surface area contributed by atoms with Crippen LogP contribution in [0.25, 0.3) is 10.9 Å². The van der Waals surface area contributed by atoms with Crippen LogP contribution in [-0.4, -0.2) is 39.9 Å². The molecule has 0 spiro atoms. The van der Waals surface area contributed by atoms with Crippen molar-refractivity contribution in [2.75, 3.05) is 18.5 Å². The number of fused-ring (bicyclic) bond motifs is 1. The van der Waals surface area contributed by atoms with Crippen LogP contribution in [0.3, 0.4) is 0 Å². The summed E-state index contributed by atoms with van der Waals surface area (Å²) in [6.07, 6.45) is 1.12. The number of para-hydroxylation sites is 2. The summed E-state index contributed by atoms with van der Waals surface area (Å²) in [5.41, 5.74) is 0.0400. The molecule has 2 N–H and O–H groups in total. The fourth-order valence-corrected chi connectivity index (χ4v) is 3.65. The number of benzene rings is 3. The highest BCUT2D eigenvalue weighted by atomic mass is 16.6. The topological polar surface area (TPSA) is 158 Å². The average Bonchev–Trinajstić information content (AvgIpc) is 2.89. The molecule has 0 aliphatic carbocycles. The normalized spacial score (nSPS) is 11.0. The Morgan fingerprint density at radius 2 is 1.87 bits per heavy atom. The SMILES string of the molecule is CCOc1cc(C=Nn2c(=O)[nH]c3ccccc3c2=O)cc([N+](=O)[O-])c1OCC(=O)Nc1ccccc1C.